The van der Waals surface area contributed by atoms with Crippen LogP contribution in [0.3, 0.4) is 0 Å². The average Bonchev–Trinajstić information content (AvgIpc) is 2.92. The molecule has 19 heavy (non-hydrogen) atoms. The first kappa shape index (κ1) is 13.2. The van der Waals surface area contributed by atoms with Gasteiger partial charge in [-0.15, -0.1) is 0 Å². The van der Waals surface area contributed by atoms with Crippen LogP contribution in [0, 0.1) is 11.3 Å². The molecule has 4 heteroatoms. The third-order valence-electron chi connectivity index (χ3n) is 2.82. The lowest BCUT2D eigenvalue weighted by molar-refractivity contribution is 0.243. The van der Waals surface area contributed by atoms with Crippen LogP contribution in [0.5, 0.6) is 0 Å². The van der Waals surface area contributed by atoms with E-state index in [1.54, 1.807) is 18.2 Å². The van der Waals surface area contributed by atoms with Crippen molar-refractivity contribution in [3.8, 4) is 6.07 Å². The van der Waals surface area contributed by atoms with Gasteiger partial charge in [0.25, 0.3) is 0 Å². The van der Waals surface area contributed by atoms with E-state index in [0.29, 0.717) is 11.3 Å². The van der Waals surface area contributed by atoms with Gasteiger partial charge in [0.05, 0.1) is 11.6 Å². The van der Waals surface area contributed by atoms with Gasteiger partial charge in [0, 0.05) is 18.7 Å². The second kappa shape index (κ2) is 6.62. The van der Waals surface area contributed by atoms with E-state index in [2.05, 4.69) is 11.4 Å². The molecule has 0 fully saturated rings. The second-order valence-corrected chi connectivity index (χ2v) is 4.25. The number of nitrogens with zero attached hydrogens (tertiary/aromatic N) is 1. The van der Waals surface area contributed by atoms with Crippen LogP contribution >= 0.6 is 0 Å². The fourth-order valence-corrected chi connectivity index (χ4v) is 1.80. The Balaban J connectivity index is 1.72. The van der Waals surface area contributed by atoms with Crippen molar-refractivity contribution in [2.75, 3.05) is 11.9 Å². The molecule has 2 aromatic rings. The van der Waals surface area contributed by atoms with E-state index in [0.717, 1.165) is 30.8 Å². The van der Waals surface area contributed by atoms with Crippen molar-refractivity contribution >= 4 is 5.69 Å². The molecule has 0 bridgehead atoms. The number of hydrogen-bond donors (Lipinski definition) is 2. The number of hydrogen-bond acceptors (Lipinski definition) is 4. The van der Waals surface area contributed by atoms with Crippen LogP contribution in [0.25, 0.3) is 0 Å². The predicted molar refractivity (Wildman–Crippen MR) is 72.6 cm³/mol. The minimum Gasteiger partial charge on any atom is -0.464 e. The van der Waals surface area contributed by atoms with Crippen molar-refractivity contribution in [1.82, 2.24) is 0 Å². The van der Waals surface area contributed by atoms with Crippen molar-refractivity contribution in [1.29, 1.82) is 5.26 Å². The molecule has 0 spiro atoms. The van der Waals surface area contributed by atoms with E-state index >= 15 is 0 Å². The van der Waals surface area contributed by atoms with Crippen molar-refractivity contribution in [3.63, 3.8) is 0 Å². The number of nitrogens with one attached hydrogen (secondary N) is 1. The second-order valence-electron chi connectivity index (χ2n) is 4.25. The first-order valence-electron chi connectivity index (χ1n) is 6.24. The van der Waals surface area contributed by atoms with Gasteiger partial charge in [-0.1, -0.05) is 0 Å². The molecule has 0 amide bonds. The van der Waals surface area contributed by atoms with Gasteiger partial charge < -0.3 is 14.8 Å². The van der Waals surface area contributed by atoms with Crippen molar-refractivity contribution < 1.29 is 9.52 Å². The summed E-state index contributed by atoms with van der Waals surface area (Å²) in [6.45, 7) is 0.782. The largest absolute Gasteiger partial charge is 0.464 e. The molecule has 1 heterocycles. The van der Waals surface area contributed by atoms with Gasteiger partial charge in [-0.05, 0) is 42.8 Å². The summed E-state index contributed by atoms with van der Waals surface area (Å²) in [5, 5.41) is 20.9. The summed E-state index contributed by atoms with van der Waals surface area (Å²) in [6, 6.07) is 13.2. The molecule has 0 aliphatic carbocycles. The summed E-state index contributed by atoms with van der Waals surface area (Å²) in [7, 11) is 0. The zero-order chi connectivity index (χ0) is 13.5. The molecule has 0 saturated heterocycles. The lowest BCUT2D eigenvalue weighted by atomic mass is 10.2. The topological polar surface area (TPSA) is 69.2 Å². The Bertz CT molecular complexity index is 552. The van der Waals surface area contributed by atoms with Gasteiger partial charge >= 0.3 is 0 Å². The number of aliphatic hydroxyl groups excluding tert-OH is 1. The molecule has 0 saturated carbocycles. The Morgan fingerprint density at radius 2 is 1.84 bits per heavy atom. The number of benzene rings is 1. The number of nitriles is 1. The number of rotatable bonds is 6. The van der Waals surface area contributed by atoms with Crippen LogP contribution in [0.15, 0.2) is 40.8 Å². The summed E-state index contributed by atoms with van der Waals surface area (Å²) in [4.78, 5) is 0. The number of anilines is 1. The average molecular weight is 256 g/mol. The Kier molecular flexibility index (Phi) is 4.60. The maximum atomic E-state index is 8.88. The molecule has 0 aliphatic heterocycles. The van der Waals surface area contributed by atoms with Gasteiger partial charge in [0.1, 0.15) is 18.1 Å². The smallest absolute Gasteiger partial charge is 0.129 e. The predicted octanol–water partition coefficient (Wildman–Crippen LogP) is 2.69. The molecule has 0 radical (unpaired) electrons. The molecule has 0 unspecified atom stereocenters. The van der Waals surface area contributed by atoms with E-state index in [4.69, 9.17) is 14.8 Å². The van der Waals surface area contributed by atoms with Crippen molar-refractivity contribution in [2.24, 2.45) is 0 Å². The minimum atomic E-state index is -0.0521. The van der Waals surface area contributed by atoms with Crippen LogP contribution in [-0.2, 0) is 13.0 Å². The monoisotopic (exact) mass is 256 g/mol. The normalized spacial score (nSPS) is 10.1. The van der Waals surface area contributed by atoms with Crippen LogP contribution < -0.4 is 5.32 Å². The van der Waals surface area contributed by atoms with E-state index < -0.39 is 0 Å². The Hall–Kier alpha value is -2.25. The third-order valence-corrected chi connectivity index (χ3v) is 2.82. The van der Waals surface area contributed by atoms with Crippen LogP contribution in [0.4, 0.5) is 5.69 Å². The lowest BCUT2D eigenvalue weighted by Gasteiger charge is -2.05. The molecule has 0 aliphatic rings. The van der Waals surface area contributed by atoms with Crippen LogP contribution in [0.1, 0.15) is 23.5 Å². The van der Waals surface area contributed by atoms with Gasteiger partial charge in [-0.2, -0.15) is 5.26 Å². The number of aryl methyl sites for hydroxylation is 1. The van der Waals surface area contributed by atoms with Gasteiger partial charge in [0.15, 0.2) is 0 Å². The Labute approximate surface area is 112 Å². The highest BCUT2D eigenvalue weighted by atomic mass is 16.4. The first-order valence-corrected chi connectivity index (χ1v) is 6.24. The summed E-state index contributed by atoms with van der Waals surface area (Å²) in [6.07, 6.45) is 1.78. The molecular formula is C15H16N2O2. The first-order chi connectivity index (χ1) is 9.31. The molecule has 98 valence electrons. The fourth-order valence-electron chi connectivity index (χ4n) is 1.80. The molecule has 0 atom stereocenters. The van der Waals surface area contributed by atoms with E-state index in [-0.39, 0.29) is 6.61 Å². The molecule has 4 nitrogen and oxygen atoms in total. The maximum absolute atomic E-state index is 8.88. The molecule has 1 aromatic carbocycles. The highest BCUT2D eigenvalue weighted by molar-refractivity contribution is 5.47. The Morgan fingerprint density at radius 1 is 1.11 bits per heavy atom. The quantitative estimate of drug-likeness (QED) is 0.780. The zero-order valence-corrected chi connectivity index (χ0v) is 10.6. The van der Waals surface area contributed by atoms with E-state index in [9.17, 15) is 0 Å². The SMILES string of the molecule is N#Cc1ccc(NCCCc2ccc(CO)o2)cc1. The van der Waals surface area contributed by atoms with E-state index in [1.807, 2.05) is 18.2 Å². The van der Waals surface area contributed by atoms with Crippen molar-refractivity contribution in [3.05, 3.63) is 53.5 Å². The molecular weight excluding hydrogens is 240 g/mol. The highest BCUT2D eigenvalue weighted by Gasteiger charge is 2.00. The summed E-state index contributed by atoms with van der Waals surface area (Å²) >= 11 is 0. The summed E-state index contributed by atoms with van der Waals surface area (Å²) in [5.74, 6) is 1.50. The third kappa shape index (κ3) is 3.87. The zero-order valence-electron chi connectivity index (χ0n) is 10.6. The fraction of sp³-hybridized carbons (Fsp3) is 0.267. The lowest BCUT2D eigenvalue weighted by Crippen LogP contribution is -2.02. The number of aliphatic hydroxyl groups is 1. The summed E-state index contributed by atoms with van der Waals surface area (Å²) in [5.41, 5.74) is 1.67. The van der Waals surface area contributed by atoms with Crippen LogP contribution in [-0.4, -0.2) is 11.7 Å². The van der Waals surface area contributed by atoms with Crippen molar-refractivity contribution in [2.45, 2.75) is 19.4 Å². The van der Waals surface area contributed by atoms with E-state index in [1.165, 1.54) is 0 Å². The minimum absolute atomic E-state index is 0.0521. The molecule has 2 rings (SSSR count). The number of furan rings is 1. The standard InChI is InChI=1S/C15H16N2O2/c16-10-12-3-5-13(6-4-12)17-9-1-2-14-7-8-15(11-18)19-14/h3-8,17-18H,1-2,9,11H2. The maximum Gasteiger partial charge on any atom is 0.129 e. The van der Waals surface area contributed by atoms with Crippen LogP contribution in [0.2, 0.25) is 0 Å². The highest BCUT2D eigenvalue weighted by Crippen LogP contribution is 2.11. The van der Waals surface area contributed by atoms with Gasteiger partial charge in [-0.25, -0.2) is 0 Å². The van der Waals surface area contributed by atoms with Gasteiger partial charge in [0.2, 0.25) is 0 Å². The molecule has 2 N–H and O–H groups in total. The van der Waals surface area contributed by atoms with Gasteiger partial charge in [-0.3, -0.25) is 0 Å². The Morgan fingerprint density at radius 3 is 2.47 bits per heavy atom. The molecule has 1 aromatic heterocycles. The summed E-state index contributed by atoms with van der Waals surface area (Å²) < 4.78 is 5.40.